The minimum Gasteiger partial charge on any atom is -0.438 e. The van der Waals surface area contributed by atoms with Crippen molar-refractivity contribution in [3.05, 3.63) is 53.4 Å². The number of H-pyrrole nitrogens is 1. The summed E-state index contributed by atoms with van der Waals surface area (Å²) in [5, 5.41) is 3.93. The van der Waals surface area contributed by atoms with E-state index in [1.807, 2.05) is 19.1 Å². The Kier molecular flexibility index (Phi) is 3.02. The first kappa shape index (κ1) is 12.5. The Morgan fingerprint density at radius 2 is 2.20 bits per heavy atom. The molecule has 1 aromatic carbocycles. The van der Waals surface area contributed by atoms with Gasteiger partial charge in [0.15, 0.2) is 0 Å². The molecule has 2 N–H and O–H groups in total. The minimum atomic E-state index is -0.302. The Morgan fingerprint density at radius 1 is 1.35 bits per heavy atom. The maximum absolute atomic E-state index is 11.8. The molecule has 5 heteroatoms. The third-order valence-electron chi connectivity index (χ3n) is 3.09. The number of aromatic amines is 1. The number of fused-ring (bicyclic) bond motifs is 1. The molecule has 102 valence electrons. The summed E-state index contributed by atoms with van der Waals surface area (Å²) in [6.45, 7) is 4.22. The Morgan fingerprint density at radius 3 is 2.95 bits per heavy atom. The van der Waals surface area contributed by atoms with Crippen LogP contribution >= 0.6 is 0 Å². The standard InChI is InChI=1S/C15H15N3O2/c1-9-5-12-6-11(3-4-13(12)18-9)8-16-14(19)15-17-7-10(2)20-15/h3-7,18H,8H2,1-2H3,(H,16,19). The van der Waals surface area contributed by atoms with Crippen molar-refractivity contribution in [2.45, 2.75) is 20.4 Å². The molecular formula is C15H15N3O2. The zero-order chi connectivity index (χ0) is 14.1. The van der Waals surface area contributed by atoms with Crippen molar-refractivity contribution in [1.82, 2.24) is 15.3 Å². The summed E-state index contributed by atoms with van der Waals surface area (Å²) in [5.41, 5.74) is 3.26. The van der Waals surface area contributed by atoms with Crippen molar-refractivity contribution in [2.75, 3.05) is 0 Å². The maximum atomic E-state index is 11.8. The van der Waals surface area contributed by atoms with Crippen molar-refractivity contribution in [1.29, 1.82) is 0 Å². The maximum Gasteiger partial charge on any atom is 0.307 e. The van der Waals surface area contributed by atoms with Crippen molar-refractivity contribution in [3.63, 3.8) is 0 Å². The van der Waals surface area contributed by atoms with Gasteiger partial charge in [0.1, 0.15) is 5.76 Å². The summed E-state index contributed by atoms with van der Waals surface area (Å²) < 4.78 is 5.18. The van der Waals surface area contributed by atoms with Gasteiger partial charge in [0.25, 0.3) is 5.89 Å². The predicted molar refractivity (Wildman–Crippen MR) is 75.4 cm³/mol. The molecule has 0 aliphatic heterocycles. The van der Waals surface area contributed by atoms with Crippen molar-refractivity contribution >= 4 is 16.8 Å². The van der Waals surface area contributed by atoms with E-state index in [0.717, 1.165) is 22.2 Å². The van der Waals surface area contributed by atoms with Crippen LogP contribution in [0.15, 0.2) is 34.9 Å². The van der Waals surface area contributed by atoms with Crippen LogP contribution in [0.5, 0.6) is 0 Å². The molecule has 2 aromatic heterocycles. The Balaban J connectivity index is 1.71. The first-order valence-electron chi connectivity index (χ1n) is 6.41. The SMILES string of the molecule is Cc1cc2cc(CNC(=O)c3ncc(C)o3)ccc2[nH]1. The number of nitrogens with zero attached hydrogens (tertiary/aromatic N) is 1. The number of rotatable bonds is 3. The molecule has 0 aliphatic carbocycles. The van der Waals surface area contributed by atoms with E-state index in [1.165, 1.54) is 6.20 Å². The van der Waals surface area contributed by atoms with Gasteiger partial charge < -0.3 is 14.7 Å². The molecule has 0 atom stereocenters. The lowest BCUT2D eigenvalue weighted by molar-refractivity contribution is 0.0915. The fraction of sp³-hybridized carbons (Fsp3) is 0.200. The van der Waals surface area contributed by atoms with Gasteiger partial charge in [0.2, 0.25) is 0 Å². The average Bonchev–Trinajstić information content (AvgIpc) is 3.00. The van der Waals surface area contributed by atoms with Gasteiger partial charge in [-0.15, -0.1) is 0 Å². The topological polar surface area (TPSA) is 70.9 Å². The summed E-state index contributed by atoms with van der Waals surface area (Å²) >= 11 is 0. The number of aromatic nitrogens is 2. The molecule has 0 aliphatic rings. The van der Waals surface area contributed by atoms with Crippen LogP contribution in [0.2, 0.25) is 0 Å². The molecular weight excluding hydrogens is 254 g/mol. The van der Waals surface area contributed by atoms with Crippen molar-refractivity contribution in [2.24, 2.45) is 0 Å². The first-order chi connectivity index (χ1) is 9.61. The number of carbonyl (C=O) groups excluding carboxylic acids is 1. The molecule has 20 heavy (non-hydrogen) atoms. The molecule has 0 spiro atoms. The number of hydrogen-bond acceptors (Lipinski definition) is 3. The fourth-order valence-corrected chi connectivity index (χ4v) is 2.15. The van der Waals surface area contributed by atoms with Crippen molar-refractivity contribution in [3.8, 4) is 0 Å². The largest absolute Gasteiger partial charge is 0.438 e. The van der Waals surface area contributed by atoms with Crippen LogP contribution in [-0.2, 0) is 6.54 Å². The van der Waals surface area contributed by atoms with Gasteiger partial charge in [-0.1, -0.05) is 6.07 Å². The van der Waals surface area contributed by atoms with E-state index in [4.69, 9.17) is 4.42 Å². The molecule has 2 heterocycles. The second kappa shape index (κ2) is 4.85. The van der Waals surface area contributed by atoms with Gasteiger partial charge >= 0.3 is 5.91 Å². The van der Waals surface area contributed by atoms with Crippen LogP contribution in [0, 0.1) is 13.8 Å². The van der Waals surface area contributed by atoms with Crippen LogP contribution in [0.3, 0.4) is 0 Å². The second-order valence-electron chi connectivity index (χ2n) is 4.83. The molecule has 0 unspecified atom stereocenters. The molecule has 0 bridgehead atoms. The normalized spacial score (nSPS) is 10.9. The lowest BCUT2D eigenvalue weighted by atomic mass is 10.1. The molecule has 0 radical (unpaired) electrons. The Hall–Kier alpha value is -2.56. The van der Waals surface area contributed by atoms with Crippen LogP contribution < -0.4 is 5.32 Å². The third-order valence-corrected chi connectivity index (χ3v) is 3.09. The summed E-state index contributed by atoms with van der Waals surface area (Å²) in [6.07, 6.45) is 1.53. The monoisotopic (exact) mass is 269 g/mol. The van der Waals surface area contributed by atoms with Gasteiger partial charge in [-0.2, -0.15) is 0 Å². The minimum absolute atomic E-state index is 0.0982. The highest BCUT2D eigenvalue weighted by Gasteiger charge is 2.11. The fourth-order valence-electron chi connectivity index (χ4n) is 2.15. The highest BCUT2D eigenvalue weighted by molar-refractivity contribution is 5.89. The van der Waals surface area contributed by atoms with Gasteiger partial charge in [0, 0.05) is 17.8 Å². The van der Waals surface area contributed by atoms with Gasteiger partial charge in [-0.25, -0.2) is 4.98 Å². The molecule has 5 nitrogen and oxygen atoms in total. The van der Waals surface area contributed by atoms with Gasteiger partial charge in [-0.3, -0.25) is 4.79 Å². The molecule has 0 fully saturated rings. The van der Waals surface area contributed by atoms with E-state index in [2.05, 4.69) is 27.4 Å². The lowest BCUT2D eigenvalue weighted by Gasteiger charge is -2.03. The first-order valence-corrected chi connectivity index (χ1v) is 6.41. The second-order valence-corrected chi connectivity index (χ2v) is 4.83. The van der Waals surface area contributed by atoms with E-state index in [1.54, 1.807) is 6.92 Å². The zero-order valence-corrected chi connectivity index (χ0v) is 11.4. The van der Waals surface area contributed by atoms with Crippen molar-refractivity contribution < 1.29 is 9.21 Å². The van der Waals surface area contributed by atoms with Crippen LogP contribution in [0.4, 0.5) is 0 Å². The summed E-state index contributed by atoms with van der Waals surface area (Å²) in [5.74, 6) is 0.420. The van der Waals surface area contributed by atoms with E-state index < -0.39 is 0 Å². The summed E-state index contributed by atoms with van der Waals surface area (Å²) in [4.78, 5) is 19.0. The summed E-state index contributed by atoms with van der Waals surface area (Å²) in [6, 6.07) is 8.14. The molecule has 3 aromatic rings. The highest BCUT2D eigenvalue weighted by atomic mass is 16.4. The molecule has 0 saturated heterocycles. The van der Waals surface area contributed by atoms with Gasteiger partial charge in [0.05, 0.1) is 6.20 Å². The number of oxazole rings is 1. The van der Waals surface area contributed by atoms with Crippen LogP contribution in [0.25, 0.3) is 10.9 Å². The smallest absolute Gasteiger partial charge is 0.307 e. The number of hydrogen-bond donors (Lipinski definition) is 2. The van der Waals surface area contributed by atoms with E-state index in [0.29, 0.717) is 12.3 Å². The molecule has 1 amide bonds. The van der Waals surface area contributed by atoms with Crippen LogP contribution in [0.1, 0.15) is 27.7 Å². The van der Waals surface area contributed by atoms with Crippen LogP contribution in [-0.4, -0.2) is 15.9 Å². The third kappa shape index (κ3) is 2.42. The Bertz CT molecular complexity index is 770. The van der Waals surface area contributed by atoms with E-state index in [9.17, 15) is 4.79 Å². The average molecular weight is 269 g/mol. The zero-order valence-electron chi connectivity index (χ0n) is 11.4. The van der Waals surface area contributed by atoms with E-state index >= 15 is 0 Å². The molecule has 0 saturated carbocycles. The van der Waals surface area contributed by atoms with E-state index in [-0.39, 0.29) is 11.8 Å². The number of benzene rings is 1. The number of aryl methyl sites for hydroxylation is 2. The quantitative estimate of drug-likeness (QED) is 0.768. The number of carbonyl (C=O) groups is 1. The Labute approximate surface area is 116 Å². The molecule has 3 rings (SSSR count). The number of nitrogens with one attached hydrogen (secondary N) is 2. The number of amides is 1. The van der Waals surface area contributed by atoms with Gasteiger partial charge in [-0.05, 0) is 43.0 Å². The predicted octanol–water partition coefficient (Wildman–Crippen LogP) is 2.70. The summed E-state index contributed by atoms with van der Waals surface area (Å²) in [7, 11) is 0. The lowest BCUT2D eigenvalue weighted by Crippen LogP contribution is -2.22. The highest BCUT2D eigenvalue weighted by Crippen LogP contribution is 2.16.